The first-order valence-corrected chi connectivity index (χ1v) is 9.39. The number of rotatable bonds is 13. The second-order valence-corrected chi connectivity index (χ2v) is 6.58. The van der Waals surface area contributed by atoms with Crippen LogP contribution < -0.4 is 0 Å². The lowest BCUT2D eigenvalue weighted by Gasteiger charge is -2.34. The molecule has 0 aromatic heterocycles. The van der Waals surface area contributed by atoms with Crippen molar-refractivity contribution in [3.63, 3.8) is 0 Å². The van der Waals surface area contributed by atoms with Gasteiger partial charge in [-0.15, -0.1) is 0 Å². The van der Waals surface area contributed by atoms with Gasteiger partial charge in [-0.1, -0.05) is 64.7 Å². The molecule has 6 nitrogen and oxygen atoms in total. The van der Waals surface area contributed by atoms with E-state index >= 15 is 0 Å². The van der Waals surface area contributed by atoms with E-state index in [4.69, 9.17) is 14.6 Å². The van der Waals surface area contributed by atoms with E-state index in [2.05, 4.69) is 6.92 Å². The molecule has 0 saturated carbocycles. The van der Waals surface area contributed by atoms with Crippen LogP contribution in [0.5, 0.6) is 0 Å². The molecule has 1 unspecified atom stereocenters. The Morgan fingerprint density at radius 2 is 1.50 bits per heavy atom. The molecular formula is C18H34O6. The maximum absolute atomic E-state index is 11.8. The van der Waals surface area contributed by atoms with Crippen LogP contribution in [0.2, 0.25) is 0 Å². The zero-order valence-electron chi connectivity index (χ0n) is 14.9. The summed E-state index contributed by atoms with van der Waals surface area (Å²) in [5.74, 6) is -0.681. The summed E-state index contributed by atoms with van der Waals surface area (Å²) in [6.45, 7) is 2.12. The van der Waals surface area contributed by atoms with Crippen molar-refractivity contribution in [3.05, 3.63) is 0 Å². The molecule has 24 heavy (non-hydrogen) atoms. The van der Waals surface area contributed by atoms with Gasteiger partial charge in [0.05, 0.1) is 13.2 Å². The highest BCUT2D eigenvalue weighted by molar-refractivity contribution is 5.87. The largest absolute Gasteiger partial charge is 0.394 e. The topological polar surface area (TPSA) is 96.2 Å². The summed E-state index contributed by atoms with van der Waals surface area (Å²) in [6, 6.07) is 0. The number of aliphatic hydroxyl groups is 3. The van der Waals surface area contributed by atoms with E-state index in [0.29, 0.717) is 6.61 Å². The molecule has 1 heterocycles. The van der Waals surface area contributed by atoms with E-state index < -0.39 is 37.0 Å². The van der Waals surface area contributed by atoms with E-state index in [-0.39, 0.29) is 0 Å². The molecule has 142 valence electrons. The van der Waals surface area contributed by atoms with Crippen molar-refractivity contribution in [2.75, 3.05) is 13.2 Å². The van der Waals surface area contributed by atoms with Crippen molar-refractivity contribution in [2.24, 2.45) is 0 Å². The summed E-state index contributed by atoms with van der Waals surface area (Å²) in [5.41, 5.74) is 0. The number of ether oxygens (including phenoxy) is 2. The monoisotopic (exact) mass is 346 g/mol. The third-order valence-corrected chi connectivity index (χ3v) is 4.47. The van der Waals surface area contributed by atoms with Crippen LogP contribution in [-0.2, 0) is 14.3 Å². The number of Topliss-reactive ketones (excluding diaryl/α,β-unsaturated/α-hetero) is 1. The predicted molar refractivity (Wildman–Crippen MR) is 90.6 cm³/mol. The van der Waals surface area contributed by atoms with Gasteiger partial charge in [0.25, 0.3) is 0 Å². The molecular weight excluding hydrogens is 312 g/mol. The van der Waals surface area contributed by atoms with Crippen LogP contribution >= 0.6 is 0 Å². The number of unbranched alkanes of at least 4 members (excludes halogenated alkanes) is 9. The fraction of sp³-hybridized carbons (Fsp3) is 0.944. The average Bonchev–Trinajstić information content (AvgIpc) is 2.59. The lowest BCUT2D eigenvalue weighted by Crippen LogP contribution is -2.56. The molecule has 0 radical (unpaired) electrons. The molecule has 0 aromatic rings. The number of hydrogen-bond donors (Lipinski definition) is 3. The maximum atomic E-state index is 11.8. The van der Waals surface area contributed by atoms with Crippen molar-refractivity contribution < 1.29 is 29.6 Å². The third-order valence-electron chi connectivity index (χ3n) is 4.47. The Hall–Kier alpha value is -0.530. The quantitative estimate of drug-likeness (QED) is 0.441. The van der Waals surface area contributed by atoms with Crippen LogP contribution in [0.3, 0.4) is 0 Å². The summed E-state index contributed by atoms with van der Waals surface area (Å²) in [7, 11) is 0. The van der Waals surface area contributed by atoms with Gasteiger partial charge < -0.3 is 24.8 Å². The summed E-state index contributed by atoms with van der Waals surface area (Å²) >= 11 is 0. The molecule has 1 rings (SSSR count). The highest BCUT2D eigenvalue weighted by atomic mass is 16.7. The van der Waals surface area contributed by atoms with Crippen molar-refractivity contribution in [1.29, 1.82) is 0 Å². The van der Waals surface area contributed by atoms with Crippen LogP contribution in [-0.4, -0.2) is 58.9 Å². The van der Waals surface area contributed by atoms with E-state index in [9.17, 15) is 15.0 Å². The van der Waals surface area contributed by atoms with Crippen molar-refractivity contribution >= 4 is 5.78 Å². The van der Waals surface area contributed by atoms with E-state index in [0.717, 1.165) is 19.3 Å². The Balaban J connectivity index is 2.03. The van der Waals surface area contributed by atoms with Gasteiger partial charge in [0.15, 0.2) is 0 Å². The second-order valence-electron chi connectivity index (χ2n) is 6.58. The van der Waals surface area contributed by atoms with Crippen LogP contribution in [0.25, 0.3) is 0 Å². The van der Waals surface area contributed by atoms with Crippen LogP contribution in [0.1, 0.15) is 71.1 Å². The van der Waals surface area contributed by atoms with Crippen LogP contribution in [0.15, 0.2) is 0 Å². The van der Waals surface area contributed by atoms with Gasteiger partial charge in [-0.3, -0.25) is 4.79 Å². The zero-order chi connectivity index (χ0) is 17.8. The molecule has 6 heteroatoms. The summed E-state index contributed by atoms with van der Waals surface area (Å²) in [6.07, 6.45) is 6.96. The van der Waals surface area contributed by atoms with E-state index in [1.165, 1.54) is 44.9 Å². The van der Waals surface area contributed by atoms with Crippen LogP contribution in [0.4, 0.5) is 0 Å². The third kappa shape index (κ3) is 7.57. The summed E-state index contributed by atoms with van der Waals surface area (Å²) in [4.78, 5) is 11.8. The average molecular weight is 346 g/mol. The van der Waals surface area contributed by atoms with Crippen LogP contribution in [0, 0.1) is 0 Å². The number of carbonyl (C=O) groups is 1. The van der Waals surface area contributed by atoms with Gasteiger partial charge in [0, 0.05) is 0 Å². The van der Waals surface area contributed by atoms with Gasteiger partial charge in [-0.2, -0.15) is 0 Å². The van der Waals surface area contributed by atoms with Crippen molar-refractivity contribution in [1.82, 2.24) is 0 Å². The van der Waals surface area contributed by atoms with Gasteiger partial charge >= 0.3 is 0 Å². The molecule has 0 aliphatic carbocycles. The first kappa shape index (κ1) is 21.5. The normalized spacial score (nSPS) is 27.6. The Bertz CT molecular complexity index is 335. The zero-order valence-corrected chi connectivity index (χ0v) is 14.9. The minimum atomic E-state index is -1.56. The molecule has 0 amide bonds. The lowest BCUT2D eigenvalue weighted by molar-refractivity contribution is -0.239. The molecule has 3 N–H and O–H groups in total. The standard InChI is InChI=1S/C18H34O6/c1-2-3-4-5-6-7-8-9-10-11-12-23-18-17(22)16(21)15(20)14(13-19)24-18/h14-16,18-21H,2-13H2,1H3/t14-,15-,16+,18?/m1/s1. The molecule has 1 aliphatic heterocycles. The first-order chi connectivity index (χ1) is 11.6. The molecule has 0 spiro atoms. The number of aliphatic hydroxyl groups excluding tert-OH is 3. The predicted octanol–water partition coefficient (Wildman–Crippen LogP) is 1.93. The fourth-order valence-electron chi connectivity index (χ4n) is 2.87. The Labute approximate surface area is 145 Å². The minimum absolute atomic E-state index is 0.369. The Morgan fingerprint density at radius 1 is 0.958 bits per heavy atom. The molecule has 1 saturated heterocycles. The number of carbonyl (C=O) groups excluding carboxylic acids is 1. The molecule has 0 bridgehead atoms. The van der Waals surface area contributed by atoms with E-state index in [1.807, 2.05) is 0 Å². The SMILES string of the molecule is CCCCCCCCCCCCOC1O[C@H](CO)[C@@H](O)[C@H](O)C1=O. The lowest BCUT2D eigenvalue weighted by atomic mass is 10.0. The van der Waals surface area contributed by atoms with Crippen molar-refractivity contribution in [2.45, 2.75) is 95.7 Å². The maximum Gasteiger partial charge on any atom is 0.221 e. The Kier molecular flexibility index (Phi) is 11.5. The van der Waals surface area contributed by atoms with E-state index in [1.54, 1.807) is 0 Å². The summed E-state index contributed by atoms with van der Waals surface area (Å²) in [5, 5.41) is 28.3. The molecule has 4 atom stereocenters. The van der Waals surface area contributed by atoms with Gasteiger partial charge in [-0.25, -0.2) is 0 Å². The van der Waals surface area contributed by atoms with Gasteiger partial charge in [0.1, 0.15) is 18.3 Å². The number of hydrogen-bond acceptors (Lipinski definition) is 6. The van der Waals surface area contributed by atoms with Gasteiger partial charge in [-0.05, 0) is 6.42 Å². The second kappa shape index (κ2) is 12.8. The molecule has 0 aromatic carbocycles. The van der Waals surface area contributed by atoms with Gasteiger partial charge in [0.2, 0.25) is 12.1 Å². The summed E-state index contributed by atoms with van der Waals surface area (Å²) < 4.78 is 10.6. The minimum Gasteiger partial charge on any atom is -0.394 e. The smallest absolute Gasteiger partial charge is 0.221 e. The first-order valence-electron chi connectivity index (χ1n) is 9.39. The molecule has 1 fully saturated rings. The molecule has 1 aliphatic rings. The highest BCUT2D eigenvalue weighted by Gasteiger charge is 2.43. The Morgan fingerprint density at radius 3 is 2.04 bits per heavy atom. The number of ketones is 1. The highest BCUT2D eigenvalue weighted by Crippen LogP contribution is 2.19. The van der Waals surface area contributed by atoms with Crippen molar-refractivity contribution in [3.8, 4) is 0 Å². The fourth-order valence-corrected chi connectivity index (χ4v) is 2.87.